The Kier molecular flexibility index (Phi) is 5.41. The molecule has 132 valence electrons. The highest BCUT2D eigenvalue weighted by atomic mass is 16.5. The molecule has 0 radical (unpaired) electrons. The Balaban J connectivity index is 2.15. The van der Waals surface area contributed by atoms with Gasteiger partial charge in [0, 0.05) is 16.8 Å². The quantitative estimate of drug-likeness (QED) is 0.643. The molecule has 1 aromatic carbocycles. The van der Waals surface area contributed by atoms with Gasteiger partial charge >= 0.3 is 5.97 Å². The van der Waals surface area contributed by atoms with Gasteiger partial charge in [-0.05, 0) is 57.5 Å². The van der Waals surface area contributed by atoms with E-state index in [0.717, 1.165) is 0 Å². The molecule has 0 saturated carbocycles. The van der Waals surface area contributed by atoms with Crippen LogP contribution in [0.25, 0.3) is 0 Å². The zero-order valence-electron chi connectivity index (χ0n) is 14.9. The minimum atomic E-state index is -0.954. The molecule has 0 fully saturated rings. The zero-order chi connectivity index (χ0) is 18.7. The fourth-order valence-electron chi connectivity index (χ4n) is 2.75. The Morgan fingerprint density at radius 1 is 1.08 bits per heavy atom. The molecular weight excluding hydrogens is 322 g/mol. The molecule has 0 spiro atoms. The number of carbonyl (C=O) groups excluding carboxylic acids is 3. The van der Waals surface area contributed by atoms with Gasteiger partial charge in [-0.3, -0.25) is 9.59 Å². The monoisotopic (exact) mass is 343 g/mol. The molecule has 1 heterocycles. The average Bonchev–Trinajstić information content (AvgIpc) is 2.88. The van der Waals surface area contributed by atoms with E-state index in [9.17, 15) is 14.4 Å². The molecule has 1 unspecified atom stereocenters. The van der Waals surface area contributed by atoms with E-state index in [-0.39, 0.29) is 17.3 Å². The summed E-state index contributed by atoms with van der Waals surface area (Å²) in [6, 6.07) is 6.56. The number of rotatable bonds is 6. The van der Waals surface area contributed by atoms with E-state index in [0.29, 0.717) is 28.1 Å². The van der Waals surface area contributed by atoms with Crippen LogP contribution in [0.4, 0.5) is 0 Å². The van der Waals surface area contributed by atoms with Crippen molar-refractivity contribution in [3.63, 3.8) is 0 Å². The molecule has 25 heavy (non-hydrogen) atoms. The van der Waals surface area contributed by atoms with Gasteiger partial charge in [0.25, 0.3) is 0 Å². The maximum Gasteiger partial charge on any atom is 0.355 e. The number of carbonyl (C=O) groups is 3. The van der Waals surface area contributed by atoms with Gasteiger partial charge in [-0.1, -0.05) is 0 Å². The maximum atomic E-state index is 12.4. The smallest absolute Gasteiger partial charge is 0.355 e. The predicted octanol–water partition coefficient (Wildman–Crippen LogP) is 3.27. The van der Waals surface area contributed by atoms with Crippen LogP contribution in [-0.4, -0.2) is 35.7 Å². The van der Waals surface area contributed by atoms with Crippen LogP contribution in [0.15, 0.2) is 24.3 Å². The SMILES string of the molecule is COc1ccc(C(=O)C(C)OC(=O)c2[nH]c(C)c(C(C)=O)c2C)cc1. The number of nitrogens with one attached hydrogen (secondary N) is 1. The Morgan fingerprint density at radius 3 is 2.16 bits per heavy atom. The fraction of sp³-hybridized carbons (Fsp3) is 0.316. The molecule has 0 saturated heterocycles. The van der Waals surface area contributed by atoms with Gasteiger partial charge in [0.05, 0.1) is 7.11 Å². The molecule has 2 aromatic rings. The van der Waals surface area contributed by atoms with E-state index in [4.69, 9.17) is 9.47 Å². The topological polar surface area (TPSA) is 85.5 Å². The van der Waals surface area contributed by atoms with Crippen molar-refractivity contribution >= 4 is 17.5 Å². The van der Waals surface area contributed by atoms with Crippen LogP contribution in [0.3, 0.4) is 0 Å². The van der Waals surface area contributed by atoms with Crippen molar-refractivity contribution in [3.05, 3.63) is 52.3 Å². The molecule has 1 aromatic heterocycles. The van der Waals surface area contributed by atoms with Crippen molar-refractivity contribution in [1.82, 2.24) is 4.98 Å². The number of hydrogen-bond acceptors (Lipinski definition) is 5. The van der Waals surface area contributed by atoms with Crippen LogP contribution >= 0.6 is 0 Å². The second-order valence-electron chi connectivity index (χ2n) is 5.82. The Bertz CT molecular complexity index is 817. The van der Waals surface area contributed by atoms with Crippen molar-refractivity contribution in [3.8, 4) is 5.75 Å². The molecule has 6 heteroatoms. The molecular formula is C19H21NO5. The molecule has 1 atom stereocenters. The lowest BCUT2D eigenvalue weighted by atomic mass is 10.1. The summed E-state index contributed by atoms with van der Waals surface area (Å²) in [7, 11) is 1.54. The summed E-state index contributed by atoms with van der Waals surface area (Å²) in [6.07, 6.45) is -0.954. The molecule has 0 aliphatic carbocycles. The summed E-state index contributed by atoms with van der Waals surface area (Å²) in [5.41, 5.74) is 2.22. The number of benzene rings is 1. The minimum absolute atomic E-state index is 0.132. The first-order valence-corrected chi connectivity index (χ1v) is 7.85. The van der Waals surface area contributed by atoms with E-state index >= 15 is 0 Å². The van der Waals surface area contributed by atoms with Crippen molar-refractivity contribution in [1.29, 1.82) is 0 Å². The number of methoxy groups -OCH3 is 1. The number of ether oxygens (including phenoxy) is 2. The molecule has 0 aliphatic rings. The third-order valence-electron chi connectivity index (χ3n) is 4.02. The average molecular weight is 343 g/mol. The van der Waals surface area contributed by atoms with Gasteiger partial charge < -0.3 is 14.5 Å². The van der Waals surface area contributed by atoms with Crippen molar-refractivity contribution in [2.45, 2.75) is 33.8 Å². The molecule has 1 N–H and O–H groups in total. The first-order valence-electron chi connectivity index (χ1n) is 7.85. The second kappa shape index (κ2) is 7.34. The standard InChI is InChI=1S/C19H21NO5/c1-10-16(12(3)21)11(2)20-17(10)19(23)25-13(4)18(22)14-6-8-15(24-5)9-7-14/h6-9,13,20H,1-5H3. The van der Waals surface area contributed by atoms with E-state index in [1.807, 2.05) is 0 Å². The van der Waals surface area contributed by atoms with Crippen LogP contribution in [0.2, 0.25) is 0 Å². The molecule has 0 aliphatic heterocycles. The minimum Gasteiger partial charge on any atom is -0.497 e. The predicted molar refractivity (Wildman–Crippen MR) is 92.5 cm³/mol. The van der Waals surface area contributed by atoms with E-state index in [1.165, 1.54) is 21.0 Å². The second-order valence-corrected chi connectivity index (χ2v) is 5.82. The highest BCUT2D eigenvalue weighted by molar-refractivity contribution is 6.03. The maximum absolute atomic E-state index is 12.4. The first-order chi connectivity index (χ1) is 11.8. The van der Waals surface area contributed by atoms with Crippen LogP contribution in [0, 0.1) is 13.8 Å². The summed E-state index contributed by atoms with van der Waals surface area (Å²) < 4.78 is 10.3. The van der Waals surface area contributed by atoms with Gasteiger partial charge in [-0.25, -0.2) is 4.79 Å². The largest absolute Gasteiger partial charge is 0.497 e. The fourth-order valence-corrected chi connectivity index (χ4v) is 2.75. The number of esters is 1. The number of aromatic nitrogens is 1. The van der Waals surface area contributed by atoms with Gasteiger partial charge in [0.15, 0.2) is 11.9 Å². The third-order valence-corrected chi connectivity index (χ3v) is 4.02. The first kappa shape index (κ1) is 18.4. The highest BCUT2D eigenvalue weighted by Gasteiger charge is 2.25. The van der Waals surface area contributed by atoms with Gasteiger partial charge in [0.2, 0.25) is 5.78 Å². The van der Waals surface area contributed by atoms with Crippen molar-refractivity contribution in [2.24, 2.45) is 0 Å². The number of H-pyrrole nitrogens is 1. The normalized spacial score (nSPS) is 11.7. The van der Waals surface area contributed by atoms with Gasteiger partial charge in [-0.2, -0.15) is 0 Å². The van der Waals surface area contributed by atoms with E-state index in [1.54, 1.807) is 38.1 Å². The Labute approximate surface area is 146 Å². The van der Waals surface area contributed by atoms with E-state index in [2.05, 4.69) is 4.98 Å². The van der Waals surface area contributed by atoms with Crippen molar-refractivity contribution < 1.29 is 23.9 Å². The highest BCUT2D eigenvalue weighted by Crippen LogP contribution is 2.20. The van der Waals surface area contributed by atoms with Crippen molar-refractivity contribution in [2.75, 3.05) is 7.11 Å². The van der Waals surface area contributed by atoms with Crippen LogP contribution in [0.1, 0.15) is 56.3 Å². The summed E-state index contributed by atoms with van der Waals surface area (Å²) in [6.45, 7) is 6.34. The molecule has 6 nitrogen and oxygen atoms in total. The van der Waals surface area contributed by atoms with Gasteiger partial charge in [0.1, 0.15) is 11.4 Å². The number of hydrogen-bond donors (Lipinski definition) is 1. The number of aromatic amines is 1. The molecule has 0 bridgehead atoms. The number of ketones is 2. The molecule has 2 rings (SSSR count). The number of aryl methyl sites for hydroxylation is 1. The summed E-state index contributed by atoms with van der Waals surface area (Å²) >= 11 is 0. The summed E-state index contributed by atoms with van der Waals surface area (Å²) in [5, 5.41) is 0. The Morgan fingerprint density at radius 2 is 1.68 bits per heavy atom. The third kappa shape index (κ3) is 3.79. The van der Waals surface area contributed by atoms with Gasteiger partial charge in [-0.15, -0.1) is 0 Å². The Hall–Kier alpha value is -2.89. The van der Waals surface area contributed by atoms with Crippen LogP contribution < -0.4 is 4.74 Å². The summed E-state index contributed by atoms with van der Waals surface area (Å²) in [5.74, 6) is -0.478. The molecule has 0 amide bonds. The summed E-state index contributed by atoms with van der Waals surface area (Å²) in [4.78, 5) is 39.3. The lowest BCUT2D eigenvalue weighted by Crippen LogP contribution is -2.25. The van der Waals surface area contributed by atoms with E-state index < -0.39 is 12.1 Å². The zero-order valence-corrected chi connectivity index (χ0v) is 14.9. The van der Waals surface area contributed by atoms with Crippen LogP contribution in [-0.2, 0) is 4.74 Å². The van der Waals surface area contributed by atoms with Crippen LogP contribution in [0.5, 0.6) is 5.75 Å². The number of Topliss-reactive ketones (excluding diaryl/α,β-unsaturated/α-hetero) is 2. The lowest BCUT2D eigenvalue weighted by molar-refractivity contribution is 0.0313. The lowest BCUT2D eigenvalue weighted by Gasteiger charge is -2.12.